The number of rotatable bonds is 5. The number of halogens is 8. The molecule has 0 heterocycles. The van der Waals surface area contributed by atoms with Crippen molar-refractivity contribution in [1.29, 1.82) is 0 Å². The predicted molar refractivity (Wildman–Crippen MR) is 77.4 cm³/mol. The Bertz CT molecular complexity index is 432. The van der Waals surface area contributed by atoms with Gasteiger partial charge in [0.25, 0.3) is 0 Å². The summed E-state index contributed by atoms with van der Waals surface area (Å²) in [7, 11) is 0. The summed E-state index contributed by atoms with van der Waals surface area (Å²) in [6, 6.07) is 0. The van der Waals surface area contributed by atoms with E-state index in [1.54, 1.807) is 0 Å². The van der Waals surface area contributed by atoms with Crippen LogP contribution in [0.1, 0.15) is 58.3 Å². The van der Waals surface area contributed by atoms with Crippen molar-refractivity contribution in [3.8, 4) is 0 Å². The molecule has 2 aliphatic carbocycles. The Labute approximate surface area is 142 Å². The maximum Gasteiger partial charge on any atom is 0.313 e. The first-order valence-electron chi connectivity index (χ1n) is 8.82. The fourth-order valence-corrected chi connectivity index (χ4v) is 4.19. The Morgan fingerprint density at radius 2 is 0.920 bits per heavy atom. The van der Waals surface area contributed by atoms with Gasteiger partial charge in [0.1, 0.15) is 0 Å². The van der Waals surface area contributed by atoms with Crippen molar-refractivity contribution >= 4 is 0 Å². The van der Waals surface area contributed by atoms with Crippen LogP contribution in [-0.2, 0) is 0 Å². The van der Waals surface area contributed by atoms with E-state index in [1.807, 2.05) is 6.92 Å². The van der Waals surface area contributed by atoms with Crippen LogP contribution in [0.5, 0.6) is 0 Å². The summed E-state index contributed by atoms with van der Waals surface area (Å²) < 4.78 is 109. The van der Waals surface area contributed by atoms with Crippen LogP contribution in [0.15, 0.2) is 0 Å². The smallest absolute Gasteiger partial charge is 0.204 e. The lowest BCUT2D eigenvalue weighted by molar-refractivity contribution is -0.273. The molecular weight excluding hydrogens is 356 g/mol. The molecule has 0 bridgehead atoms. The van der Waals surface area contributed by atoms with Gasteiger partial charge in [-0.15, -0.1) is 0 Å². The first-order chi connectivity index (χ1) is 11.4. The molecule has 2 fully saturated rings. The Morgan fingerprint density at radius 1 is 0.600 bits per heavy atom. The molecule has 0 spiro atoms. The zero-order valence-corrected chi connectivity index (χ0v) is 14.1. The standard InChI is InChI=1S/C17H24F8/c1-10-2-4-12(5-3-10)16(22,23)17(24,25)13-8-6-11(7-9-13)15(20,21)14(18)19/h10-14H,2-9H2,1H3. The van der Waals surface area contributed by atoms with Crippen LogP contribution in [0.2, 0.25) is 0 Å². The highest BCUT2D eigenvalue weighted by Crippen LogP contribution is 2.54. The monoisotopic (exact) mass is 380 g/mol. The Kier molecular flexibility index (Phi) is 5.99. The van der Waals surface area contributed by atoms with Crippen LogP contribution in [-0.4, -0.2) is 24.2 Å². The first-order valence-corrected chi connectivity index (χ1v) is 8.82. The molecule has 0 nitrogen and oxygen atoms in total. The molecule has 0 radical (unpaired) electrons. The summed E-state index contributed by atoms with van der Waals surface area (Å²) in [5, 5.41) is 0. The highest BCUT2D eigenvalue weighted by Gasteiger charge is 2.65. The van der Waals surface area contributed by atoms with Gasteiger partial charge in [0.05, 0.1) is 0 Å². The average molecular weight is 380 g/mol. The maximum atomic E-state index is 14.5. The largest absolute Gasteiger partial charge is 0.313 e. The zero-order chi connectivity index (χ0) is 19.0. The highest BCUT2D eigenvalue weighted by atomic mass is 19.3. The van der Waals surface area contributed by atoms with Gasteiger partial charge in [-0.2, -0.15) is 26.3 Å². The van der Waals surface area contributed by atoms with Crippen LogP contribution in [0.4, 0.5) is 35.1 Å². The van der Waals surface area contributed by atoms with E-state index in [4.69, 9.17) is 0 Å². The van der Waals surface area contributed by atoms with E-state index in [-0.39, 0.29) is 18.8 Å². The number of hydrogen-bond donors (Lipinski definition) is 0. The number of alkyl halides is 8. The summed E-state index contributed by atoms with van der Waals surface area (Å²) in [5.41, 5.74) is 0. The first kappa shape index (κ1) is 20.7. The van der Waals surface area contributed by atoms with Crippen molar-refractivity contribution in [3.63, 3.8) is 0 Å². The third-order valence-corrected chi connectivity index (χ3v) is 6.05. The number of hydrogen-bond acceptors (Lipinski definition) is 0. The molecule has 0 saturated heterocycles. The topological polar surface area (TPSA) is 0 Å². The van der Waals surface area contributed by atoms with Crippen molar-refractivity contribution in [3.05, 3.63) is 0 Å². The Hall–Kier alpha value is -0.560. The summed E-state index contributed by atoms with van der Waals surface area (Å²) >= 11 is 0. The van der Waals surface area contributed by atoms with Gasteiger partial charge >= 0.3 is 24.2 Å². The van der Waals surface area contributed by atoms with Crippen molar-refractivity contribution in [2.24, 2.45) is 23.7 Å². The van der Waals surface area contributed by atoms with Gasteiger partial charge in [-0.1, -0.05) is 19.8 Å². The molecule has 0 atom stereocenters. The van der Waals surface area contributed by atoms with Crippen molar-refractivity contribution < 1.29 is 35.1 Å². The summed E-state index contributed by atoms with van der Waals surface area (Å²) in [5.74, 6) is -17.4. The van der Waals surface area contributed by atoms with Crippen molar-refractivity contribution in [1.82, 2.24) is 0 Å². The molecule has 0 amide bonds. The molecule has 0 aliphatic heterocycles. The molecule has 0 aromatic heterocycles. The van der Waals surface area contributed by atoms with Crippen LogP contribution >= 0.6 is 0 Å². The van der Waals surface area contributed by atoms with E-state index in [0.29, 0.717) is 12.8 Å². The van der Waals surface area contributed by atoms with Gasteiger partial charge in [0.2, 0.25) is 0 Å². The fraction of sp³-hybridized carbons (Fsp3) is 1.00. The van der Waals surface area contributed by atoms with Crippen LogP contribution in [0.25, 0.3) is 0 Å². The van der Waals surface area contributed by atoms with Gasteiger partial charge in [-0.3, -0.25) is 0 Å². The van der Waals surface area contributed by atoms with E-state index in [0.717, 1.165) is 0 Å². The molecule has 2 saturated carbocycles. The van der Waals surface area contributed by atoms with Crippen LogP contribution in [0.3, 0.4) is 0 Å². The Morgan fingerprint density at radius 3 is 1.28 bits per heavy atom. The molecule has 148 valence electrons. The van der Waals surface area contributed by atoms with E-state index >= 15 is 0 Å². The third kappa shape index (κ3) is 3.92. The lowest BCUT2D eigenvalue weighted by atomic mass is 9.71. The van der Waals surface area contributed by atoms with E-state index in [1.165, 1.54) is 0 Å². The minimum absolute atomic E-state index is 0.0164. The van der Waals surface area contributed by atoms with E-state index in [9.17, 15) is 35.1 Å². The summed E-state index contributed by atoms with van der Waals surface area (Å²) in [4.78, 5) is 0. The molecule has 0 aromatic rings. The van der Waals surface area contributed by atoms with Crippen molar-refractivity contribution in [2.75, 3.05) is 0 Å². The molecule has 2 aliphatic rings. The molecule has 25 heavy (non-hydrogen) atoms. The van der Waals surface area contributed by atoms with Gasteiger partial charge in [0.15, 0.2) is 0 Å². The summed E-state index contributed by atoms with van der Waals surface area (Å²) in [6.07, 6.45) is -5.26. The molecule has 2 rings (SSSR count). The van der Waals surface area contributed by atoms with Gasteiger partial charge in [-0.25, -0.2) is 8.78 Å². The van der Waals surface area contributed by atoms with Gasteiger partial charge < -0.3 is 0 Å². The Balaban J connectivity index is 2.03. The fourth-order valence-electron chi connectivity index (χ4n) is 4.19. The highest BCUT2D eigenvalue weighted by molar-refractivity contribution is 4.98. The predicted octanol–water partition coefficient (Wildman–Crippen LogP) is 6.79. The van der Waals surface area contributed by atoms with Gasteiger partial charge in [0, 0.05) is 17.8 Å². The lowest BCUT2D eigenvalue weighted by Gasteiger charge is -2.42. The molecule has 0 aromatic carbocycles. The molecule has 0 unspecified atom stereocenters. The maximum absolute atomic E-state index is 14.5. The van der Waals surface area contributed by atoms with Crippen molar-refractivity contribution in [2.45, 2.75) is 82.5 Å². The van der Waals surface area contributed by atoms with Crippen LogP contribution in [0, 0.1) is 23.7 Å². The average Bonchev–Trinajstić information content (AvgIpc) is 2.55. The van der Waals surface area contributed by atoms with Gasteiger partial charge in [-0.05, 0) is 44.4 Å². The summed E-state index contributed by atoms with van der Waals surface area (Å²) in [6.45, 7) is 1.89. The SMILES string of the molecule is CC1CCC(C(F)(F)C(F)(F)C2CCC(C(F)(F)C(F)F)CC2)CC1. The molecule has 8 heteroatoms. The van der Waals surface area contributed by atoms with E-state index < -0.39 is 67.6 Å². The van der Waals surface area contributed by atoms with E-state index in [2.05, 4.69) is 0 Å². The molecule has 0 N–H and O–H groups in total. The molecular formula is C17H24F8. The lowest BCUT2D eigenvalue weighted by Crippen LogP contribution is -2.53. The minimum Gasteiger partial charge on any atom is -0.204 e. The second-order valence-electron chi connectivity index (χ2n) is 7.73. The normalized spacial score (nSPS) is 32.9. The quantitative estimate of drug-likeness (QED) is 0.461. The zero-order valence-electron chi connectivity index (χ0n) is 14.1. The second-order valence-corrected chi connectivity index (χ2v) is 7.73. The minimum atomic E-state index is -4.30. The third-order valence-electron chi connectivity index (χ3n) is 6.05. The van der Waals surface area contributed by atoms with Crippen LogP contribution < -0.4 is 0 Å². The second kappa shape index (κ2) is 7.22.